The molecule has 2 heterocycles. The van der Waals surface area contributed by atoms with E-state index in [2.05, 4.69) is 59.0 Å². The third-order valence-corrected chi connectivity index (χ3v) is 3.81. The maximum atomic E-state index is 5.92. The number of fused-ring (bicyclic) bond motifs is 1. The maximum Gasteiger partial charge on any atom is 0.0931 e. The van der Waals surface area contributed by atoms with Crippen LogP contribution in [0.5, 0.6) is 0 Å². The van der Waals surface area contributed by atoms with Crippen LogP contribution in [0, 0.1) is 0 Å². The van der Waals surface area contributed by atoms with E-state index in [1.165, 1.54) is 5.69 Å². The van der Waals surface area contributed by atoms with Crippen LogP contribution >= 0.6 is 0 Å². The Kier molecular flexibility index (Phi) is 3.63. The first kappa shape index (κ1) is 13.4. The Morgan fingerprint density at radius 1 is 1.45 bits per heavy atom. The highest BCUT2D eigenvalue weighted by Crippen LogP contribution is 2.24. The van der Waals surface area contributed by atoms with Crippen LogP contribution in [0.3, 0.4) is 0 Å². The number of morpholine rings is 1. The van der Waals surface area contributed by atoms with E-state index >= 15 is 0 Å². The van der Waals surface area contributed by atoms with Gasteiger partial charge in [-0.25, -0.2) is 4.98 Å². The molecular formula is C15H22N4O. The molecule has 0 unspecified atom stereocenters. The highest BCUT2D eigenvalue weighted by molar-refractivity contribution is 5.79. The number of ether oxygens (including phenoxy) is 1. The Morgan fingerprint density at radius 3 is 3.10 bits per heavy atom. The molecule has 1 aromatic carbocycles. The van der Waals surface area contributed by atoms with Crippen LogP contribution in [0.25, 0.3) is 11.0 Å². The molecule has 2 atom stereocenters. The summed E-state index contributed by atoms with van der Waals surface area (Å²) in [4.78, 5) is 12.1. The van der Waals surface area contributed by atoms with Crippen molar-refractivity contribution in [3.8, 4) is 0 Å². The van der Waals surface area contributed by atoms with E-state index in [9.17, 15) is 0 Å². The lowest BCUT2D eigenvalue weighted by atomic mass is 10.1. The van der Waals surface area contributed by atoms with Gasteiger partial charge in [0.25, 0.3) is 0 Å². The van der Waals surface area contributed by atoms with Crippen molar-refractivity contribution in [3.63, 3.8) is 0 Å². The van der Waals surface area contributed by atoms with Crippen LogP contribution in [0.1, 0.15) is 6.92 Å². The minimum absolute atomic E-state index is 0.263. The van der Waals surface area contributed by atoms with Crippen LogP contribution in [-0.2, 0) is 4.74 Å². The number of aromatic amines is 1. The molecule has 1 aliphatic rings. The lowest BCUT2D eigenvalue weighted by Crippen LogP contribution is -2.51. The fourth-order valence-electron chi connectivity index (χ4n) is 2.80. The highest BCUT2D eigenvalue weighted by Gasteiger charge is 2.26. The Hall–Kier alpha value is -1.59. The predicted octanol–water partition coefficient (Wildman–Crippen LogP) is 1.72. The second kappa shape index (κ2) is 5.42. The summed E-state index contributed by atoms with van der Waals surface area (Å²) in [6.45, 7) is 4.87. The number of hydrogen-bond donors (Lipinski definition) is 1. The van der Waals surface area contributed by atoms with Crippen molar-refractivity contribution in [2.24, 2.45) is 0 Å². The first-order valence-electron chi connectivity index (χ1n) is 7.09. The van der Waals surface area contributed by atoms with Gasteiger partial charge in [-0.1, -0.05) is 0 Å². The number of nitrogens with one attached hydrogen (secondary N) is 1. The zero-order chi connectivity index (χ0) is 14.1. The summed E-state index contributed by atoms with van der Waals surface area (Å²) < 4.78 is 5.92. The molecule has 0 bridgehead atoms. The number of nitrogens with zero attached hydrogens (tertiary/aromatic N) is 3. The molecule has 5 heteroatoms. The molecule has 1 aliphatic heterocycles. The van der Waals surface area contributed by atoms with Crippen LogP contribution in [-0.4, -0.2) is 60.8 Å². The monoisotopic (exact) mass is 274 g/mol. The second-order valence-corrected chi connectivity index (χ2v) is 5.82. The van der Waals surface area contributed by atoms with Gasteiger partial charge in [0.2, 0.25) is 0 Å². The highest BCUT2D eigenvalue weighted by atomic mass is 16.5. The minimum Gasteiger partial charge on any atom is -0.373 e. The zero-order valence-electron chi connectivity index (χ0n) is 12.3. The summed E-state index contributed by atoms with van der Waals surface area (Å²) in [7, 11) is 4.17. The van der Waals surface area contributed by atoms with E-state index < -0.39 is 0 Å². The fraction of sp³-hybridized carbons (Fsp3) is 0.533. The van der Waals surface area contributed by atoms with E-state index in [1.807, 2.05) is 0 Å². The van der Waals surface area contributed by atoms with Gasteiger partial charge in [-0.2, -0.15) is 0 Å². The van der Waals surface area contributed by atoms with Crippen LogP contribution in [0.2, 0.25) is 0 Å². The predicted molar refractivity (Wildman–Crippen MR) is 81.2 cm³/mol. The van der Waals surface area contributed by atoms with Crippen molar-refractivity contribution in [1.82, 2.24) is 14.9 Å². The van der Waals surface area contributed by atoms with Crippen LogP contribution < -0.4 is 4.90 Å². The number of anilines is 1. The summed E-state index contributed by atoms with van der Waals surface area (Å²) in [6.07, 6.45) is 2.00. The number of imidazole rings is 1. The van der Waals surface area contributed by atoms with Gasteiger partial charge < -0.3 is 19.5 Å². The third-order valence-electron chi connectivity index (χ3n) is 3.81. The summed E-state index contributed by atoms with van der Waals surface area (Å²) in [5, 5.41) is 0. The number of H-pyrrole nitrogens is 1. The average Bonchev–Trinajstić information content (AvgIpc) is 2.87. The van der Waals surface area contributed by atoms with Crippen molar-refractivity contribution in [1.29, 1.82) is 0 Å². The maximum absolute atomic E-state index is 5.92. The van der Waals surface area contributed by atoms with Gasteiger partial charge in [0, 0.05) is 24.8 Å². The minimum atomic E-state index is 0.263. The zero-order valence-corrected chi connectivity index (χ0v) is 12.3. The van der Waals surface area contributed by atoms with Gasteiger partial charge in [0.15, 0.2) is 0 Å². The number of rotatable bonds is 3. The van der Waals surface area contributed by atoms with Crippen LogP contribution in [0.4, 0.5) is 5.69 Å². The largest absolute Gasteiger partial charge is 0.373 e. The molecule has 1 N–H and O–H groups in total. The molecule has 20 heavy (non-hydrogen) atoms. The smallest absolute Gasteiger partial charge is 0.0931 e. The Morgan fingerprint density at radius 2 is 2.30 bits per heavy atom. The van der Waals surface area contributed by atoms with E-state index in [0.29, 0.717) is 6.04 Å². The normalized spacial score (nSPS) is 23.7. The molecule has 3 rings (SSSR count). The van der Waals surface area contributed by atoms with Crippen molar-refractivity contribution in [3.05, 3.63) is 24.5 Å². The molecule has 108 valence electrons. The van der Waals surface area contributed by atoms with Gasteiger partial charge in [0.1, 0.15) is 0 Å². The number of benzene rings is 1. The van der Waals surface area contributed by atoms with Crippen molar-refractivity contribution >= 4 is 16.7 Å². The van der Waals surface area contributed by atoms with Gasteiger partial charge in [-0.05, 0) is 39.2 Å². The van der Waals surface area contributed by atoms with E-state index in [1.54, 1.807) is 6.33 Å². The molecule has 0 amide bonds. The topological polar surface area (TPSA) is 44.4 Å². The summed E-state index contributed by atoms with van der Waals surface area (Å²) >= 11 is 0. The molecule has 0 radical (unpaired) electrons. The number of hydrogen-bond acceptors (Lipinski definition) is 4. The van der Waals surface area contributed by atoms with Gasteiger partial charge in [0.05, 0.1) is 30.1 Å². The first-order chi connectivity index (χ1) is 9.63. The molecule has 1 aromatic heterocycles. The summed E-state index contributed by atoms with van der Waals surface area (Å²) in [5.74, 6) is 0. The molecule has 0 saturated carbocycles. The molecule has 0 aliphatic carbocycles. The van der Waals surface area contributed by atoms with Crippen LogP contribution in [0.15, 0.2) is 24.5 Å². The van der Waals surface area contributed by atoms with E-state index in [0.717, 1.165) is 30.7 Å². The molecule has 5 nitrogen and oxygen atoms in total. The molecule has 1 fully saturated rings. The molecular weight excluding hydrogens is 252 g/mol. The lowest BCUT2D eigenvalue weighted by molar-refractivity contribution is 0.00880. The van der Waals surface area contributed by atoms with Gasteiger partial charge in [-0.3, -0.25) is 0 Å². The second-order valence-electron chi connectivity index (χ2n) is 5.82. The summed E-state index contributed by atoms with van der Waals surface area (Å²) in [6, 6.07) is 6.80. The molecule has 2 aromatic rings. The number of aromatic nitrogens is 2. The Labute approximate surface area is 119 Å². The fourth-order valence-corrected chi connectivity index (χ4v) is 2.80. The SMILES string of the molecule is C[C@@H]1CO[C@H](CN(C)C)CN1c1ccc2nc[nH]c2c1. The standard InChI is InChI=1S/C15H22N4O/c1-11-9-20-13(7-18(2)3)8-19(11)12-4-5-14-15(6-12)17-10-16-14/h4-6,10-11,13H,7-9H2,1-3H3,(H,16,17)/t11-,13-/m1/s1. The summed E-state index contributed by atoms with van der Waals surface area (Å²) in [5.41, 5.74) is 3.34. The third kappa shape index (κ3) is 2.64. The van der Waals surface area contributed by atoms with E-state index in [-0.39, 0.29) is 6.10 Å². The quantitative estimate of drug-likeness (QED) is 0.925. The van der Waals surface area contributed by atoms with Crippen molar-refractivity contribution in [2.75, 3.05) is 38.7 Å². The Bertz CT molecular complexity index is 580. The average molecular weight is 274 g/mol. The molecule has 1 saturated heterocycles. The van der Waals surface area contributed by atoms with Gasteiger partial charge >= 0.3 is 0 Å². The lowest BCUT2D eigenvalue weighted by Gasteiger charge is -2.40. The number of likely N-dealkylation sites (N-methyl/N-ethyl adjacent to an activating group) is 1. The van der Waals surface area contributed by atoms with Gasteiger partial charge in [-0.15, -0.1) is 0 Å². The Balaban J connectivity index is 1.82. The first-order valence-corrected chi connectivity index (χ1v) is 7.09. The van der Waals surface area contributed by atoms with Crippen molar-refractivity contribution < 1.29 is 4.74 Å². The van der Waals surface area contributed by atoms with Crippen molar-refractivity contribution in [2.45, 2.75) is 19.1 Å². The molecule has 0 spiro atoms. The van der Waals surface area contributed by atoms with E-state index in [4.69, 9.17) is 4.74 Å².